The minimum Gasteiger partial charge on any atom is -0.394 e. The fourth-order valence-electron chi connectivity index (χ4n) is 0.759. The first-order chi connectivity index (χ1) is 6.68. The van der Waals surface area contributed by atoms with Gasteiger partial charge in [0.15, 0.2) is 0 Å². The second kappa shape index (κ2) is 7.37. The zero-order valence-corrected chi connectivity index (χ0v) is 8.03. The molecule has 0 aromatic carbocycles. The van der Waals surface area contributed by atoms with E-state index in [-0.39, 0.29) is 33.0 Å². The van der Waals surface area contributed by atoms with E-state index < -0.39 is 5.54 Å². The van der Waals surface area contributed by atoms with Gasteiger partial charge in [0.1, 0.15) is 13.2 Å². The van der Waals surface area contributed by atoms with E-state index in [2.05, 4.69) is 11.8 Å². The minimum absolute atomic E-state index is 0.137. The highest BCUT2D eigenvalue weighted by molar-refractivity contribution is 4.88. The topological polar surface area (TPSA) is 64.7 Å². The highest BCUT2D eigenvalue weighted by Crippen LogP contribution is 2.01. The summed E-state index contributed by atoms with van der Waals surface area (Å²) >= 11 is 0. The van der Waals surface area contributed by atoms with Gasteiger partial charge in [-0.15, -0.1) is 12.8 Å². The van der Waals surface area contributed by atoms with Gasteiger partial charge in [-0.05, 0) is 0 Å². The first kappa shape index (κ1) is 13.0. The molecule has 4 nitrogen and oxygen atoms in total. The molecule has 0 aliphatic carbocycles. The van der Waals surface area contributed by atoms with Crippen LogP contribution in [0.25, 0.3) is 0 Å². The zero-order valence-electron chi connectivity index (χ0n) is 8.03. The Balaban J connectivity index is 3.81. The Bertz CT molecular complexity index is 207. The maximum atomic E-state index is 9.00. The van der Waals surface area contributed by atoms with Crippen LogP contribution in [0.3, 0.4) is 0 Å². The molecular formula is C10H15NO3. The van der Waals surface area contributed by atoms with E-state index in [1.807, 2.05) is 0 Å². The van der Waals surface area contributed by atoms with Crippen molar-refractivity contribution in [3.63, 3.8) is 0 Å². The quantitative estimate of drug-likeness (QED) is 0.405. The van der Waals surface area contributed by atoms with Crippen LogP contribution in [-0.4, -0.2) is 43.7 Å². The van der Waals surface area contributed by atoms with Gasteiger partial charge in [-0.2, -0.15) is 0 Å². The van der Waals surface area contributed by atoms with Crippen LogP contribution < -0.4 is 5.73 Å². The van der Waals surface area contributed by atoms with Gasteiger partial charge in [0.2, 0.25) is 0 Å². The van der Waals surface area contributed by atoms with E-state index in [0.29, 0.717) is 0 Å². The molecule has 14 heavy (non-hydrogen) atoms. The lowest BCUT2D eigenvalue weighted by molar-refractivity contribution is 0.0141. The summed E-state index contributed by atoms with van der Waals surface area (Å²) in [6, 6.07) is 0. The largest absolute Gasteiger partial charge is 0.394 e. The smallest absolute Gasteiger partial charge is 0.107 e. The summed E-state index contributed by atoms with van der Waals surface area (Å²) in [5.74, 6) is 4.60. The average molecular weight is 197 g/mol. The van der Waals surface area contributed by atoms with Gasteiger partial charge < -0.3 is 20.3 Å². The number of aliphatic hydroxyl groups is 1. The normalized spacial score (nSPS) is 10.6. The number of hydrogen-bond acceptors (Lipinski definition) is 4. The Kier molecular flexibility index (Phi) is 6.82. The average Bonchev–Trinajstić information content (AvgIpc) is 2.19. The molecule has 0 unspecified atom stereocenters. The van der Waals surface area contributed by atoms with Gasteiger partial charge >= 0.3 is 0 Å². The highest BCUT2D eigenvalue weighted by Gasteiger charge is 2.24. The predicted molar refractivity (Wildman–Crippen MR) is 53.3 cm³/mol. The second-order valence-electron chi connectivity index (χ2n) is 2.91. The Labute approximate surface area is 84.4 Å². The number of rotatable bonds is 7. The summed E-state index contributed by atoms with van der Waals surface area (Å²) in [5, 5.41) is 9.00. The number of aliphatic hydroxyl groups excluding tert-OH is 1. The molecule has 0 amide bonds. The van der Waals surface area contributed by atoms with Crippen molar-refractivity contribution in [1.29, 1.82) is 0 Å². The molecule has 0 saturated heterocycles. The molecular weight excluding hydrogens is 182 g/mol. The molecule has 78 valence electrons. The van der Waals surface area contributed by atoms with Gasteiger partial charge in [-0.25, -0.2) is 0 Å². The fourth-order valence-corrected chi connectivity index (χ4v) is 0.759. The Morgan fingerprint density at radius 3 is 1.86 bits per heavy atom. The summed E-state index contributed by atoms with van der Waals surface area (Å²) < 4.78 is 10.0. The van der Waals surface area contributed by atoms with Crippen molar-refractivity contribution in [3.05, 3.63) is 0 Å². The van der Waals surface area contributed by atoms with Crippen molar-refractivity contribution >= 4 is 0 Å². The standard InChI is InChI=1S/C10H15NO3/c1-3-5-13-8-10(11,7-12)9-14-6-4-2/h1-2,12H,5-9,11H2. The van der Waals surface area contributed by atoms with Crippen LogP contribution in [0.5, 0.6) is 0 Å². The molecule has 0 aliphatic rings. The second-order valence-corrected chi connectivity index (χ2v) is 2.91. The van der Waals surface area contributed by atoms with Gasteiger partial charge in [0.25, 0.3) is 0 Å². The lowest BCUT2D eigenvalue weighted by Crippen LogP contribution is -2.52. The van der Waals surface area contributed by atoms with Crippen molar-refractivity contribution in [3.8, 4) is 24.7 Å². The number of hydrogen-bond donors (Lipinski definition) is 2. The van der Waals surface area contributed by atoms with E-state index in [0.717, 1.165) is 0 Å². The molecule has 0 rings (SSSR count). The van der Waals surface area contributed by atoms with Crippen LogP contribution in [-0.2, 0) is 9.47 Å². The first-order valence-corrected chi connectivity index (χ1v) is 4.10. The monoisotopic (exact) mass is 197 g/mol. The summed E-state index contributed by atoms with van der Waals surface area (Å²) in [6.45, 7) is 0.348. The van der Waals surface area contributed by atoms with Crippen molar-refractivity contribution in [1.82, 2.24) is 0 Å². The first-order valence-electron chi connectivity index (χ1n) is 4.10. The van der Waals surface area contributed by atoms with Gasteiger partial charge in [0, 0.05) is 0 Å². The third-order valence-electron chi connectivity index (χ3n) is 1.46. The van der Waals surface area contributed by atoms with Crippen LogP contribution in [0.2, 0.25) is 0 Å². The van der Waals surface area contributed by atoms with Crippen LogP contribution in [0, 0.1) is 24.7 Å². The van der Waals surface area contributed by atoms with Crippen LogP contribution in [0.4, 0.5) is 0 Å². The molecule has 0 aromatic heterocycles. The third-order valence-corrected chi connectivity index (χ3v) is 1.46. The lowest BCUT2D eigenvalue weighted by Gasteiger charge is -2.25. The number of terminal acetylenes is 2. The summed E-state index contributed by atoms with van der Waals surface area (Å²) in [5.41, 5.74) is 4.80. The van der Waals surface area contributed by atoms with Gasteiger partial charge in [-0.3, -0.25) is 0 Å². The molecule has 0 bridgehead atoms. The van der Waals surface area contributed by atoms with E-state index >= 15 is 0 Å². The molecule has 0 atom stereocenters. The number of ether oxygens (including phenoxy) is 2. The summed E-state index contributed by atoms with van der Waals surface area (Å²) in [7, 11) is 0. The molecule has 0 radical (unpaired) electrons. The van der Waals surface area contributed by atoms with Crippen molar-refractivity contribution in [2.45, 2.75) is 5.54 Å². The third kappa shape index (κ3) is 5.58. The van der Waals surface area contributed by atoms with Crippen molar-refractivity contribution < 1.29 is 14.6 Å². The fraction of sp³-hybridized carbons (Fsp3) is 0.600. The molecule has 3 N–H and O–H groups in total. The maximum Gasteiger partial charge on any atom is 0.107 e. The highest BCUT2D eigenvalue weighted by atomic mass is 16.5. The Morgan fingerprint density at radius 2 is 1.57 bits per heavy atom. The lowest BCUT2D eigenvalue weighted by atomic mass is 10.1. The van der Waals surface area contributed by atoms with Gasteiger partial charge in [0.05, 0.1) is 25.4 Å². The van der Waals surface area contributed by atoms with Crippen LogP contribution in [0.15, 0.2) is 0 Å². The molecule has 0 spiro atoms. The van der Waals surface area contributed by atoms with Crippen molar-refractivity contribution in [2.24, 2.45) is 5.73 Å². The molecule has 0 saturated carbocycles. The number of nitrogens with two attached hydrogens (primary N) is 1. The van der Waals surface area contributed by atoms with Crippen LogP contribution in [0.1, 0.15) is 0 Å². The molecule has 0 heterocycles. The summed E-state index contributed by atoms with van der Waals surface area (Å²) in [6.07, 6.45) is 9.97. The molecule has 0 aliphatic heterocycles. The maximum absolute atomic E-state index is 9.00. The molecule has 0 fully saturated rings. The molecule has 0 aromatic rings. The SMILES string of the molecule is C#CCOCC(N)(CO)COCC#C. The zero-order chi connectivity index (χ0) is 10.9. The van der Waals surface area contributed by atoms with E-state index in [1.54, 1.807) is 0 Å². The van der Waals surface area contributed by atoms with E-state index in [1.165, 1.54) is 0 Å². The van der Waals surface area contributed by atoms with E-state index in [9.17, 15) is 0 Å². The summed E-state index contributed by atoms with van der Waals surface area (Å²) in [4.78, 5) is 0. The van der Waals surface area contributed by atoms with Gasteiger partial charge in [-0.1, -0.05) is 11.8 Å². The molecule has 4 heteroatoms. The Hall–Kier alpha value is -1.04. The van der Waals surface area contributed by atoms with Crippen LogP contribution >= 0.6 is 0 Å². The predicted octanol–water partition coefficient (Wildman–Crippen LogP) is -1.02. The van der Waals surface area contributed by atoms with E-state index in [4.69, 9.17) is 33.2 Å². The Morgan fingerprint density at radius 1 is 1.14 bits per heavy atom. The van der Waals surface area contributed by atoms with Crippen molar-refractivity contribution in [2.75, 3.05) is 33.0 Å². The minimum atomic E-state index is -0.937.